The summed E-state index contributed by atoms with van der Waals surface area (Å²) < 4.78 is 5.69. The zero-order chi connectivity index (χ0) is 38.5. The predicted molar refractivity (Wildman–Crippen MR) is 217 cm³/mol. The molecular weight excluding hydrogens is 680 g/mol. The highest BCUT2D eigenvalue weighted by atomic mass is 16.5. The highest BCUT2D eigenvalue weighted by Gasteiger charge is 2.22. The SMILES string of the molecule is C=C(C)C(=O)NCCCN(CCc1c2ccccc2c(CN(CCOCCO)Cc2ccccc2B(O)O)c2ccccc12)Cc1ccccc1B(O)O. The average Bonchev–Trinajstić information content (AvgIpc) is 3.17. The minimum absolute atomic E-state index is 0.0603. The Hall–Kier alpha value is -4.36. The molecule has 0 spiro atoms. The molecule has 282 valence electrons. The van der Waals surface area contributed by atoms with E-state index in [1.807, 2.05) is 24.3 Å². The number of amides is 1. The van der Waals surface area contributed by atoms with Gasteiger partial charge in [0.15, 0.2) is 0 Å². The van der Waals surface area contributed by atoms with Gasteiger partial charge in [-0.15, -0.1) is 0 Å². The molecule has 0 unspecified atom stereocenters. The number of carbonyl (C=O) groups excluding carboxylic acids is 1. The van der Waals surface area contributed by atoms with Gasteiger partial charge in [0.05, 0.1) is 19.8 Å². The second-order valence-electron chi connectivity index (χ2n) is 13.7. The molecule has 54 heavy (non-hydrogen) atoms. The van der Waals surface area contributed by atoms with Crippen molar-refractivity contribution in [2.75, 3.05) is 46.0 Å². The molecule has 5 aromatic carbocycles. The van der Waals surface area contributed by atoms with Crippen molar-refractivity contribution in [2.24, 2.45) is 0 Å². The number of hydrogen-bond acceptors (Lipinski definition) is 9. The Bertz CT molecular complexity index is 1950. The second-order valence-corrected chi connectivity index (χ2v) is 13.7. The first kappa shape index (κ1) is 40.8. The monoisotopic (exact) mass is 731 g/mol. The maximum atomic E-state index is 12.1. The van der Waals surface area contributed by atoms with Gasteiger partial charge in [0.1, 0.15) is 0 Å². The fourth-order valence-electron chi connectivity index (χ4n) is 7.08. The van der Waals surface area contributed by atoms with Crippen LogP contribution in [0.15, 0.2) is 109 Å². The first-order chi connectivity index (χ1) is 26.2. The van der Waals surface area contributed by atoms with E-state index in [2.05, 4.69) is 70.2 Å². The molecule has 5 aromatic rings. The zero-order valence-electron chi connectivity index (χ0n) is 31.0. The summed E-state index contributed by atoms with van der Waals surface area (Å²) in [4.78, 5) is 16.7. The van der Waals surface area contributed by atoms with Crippen LogP contribution >= 0.6 is 0 Å². The number of hydrogen-bond donors (Lipinski definition) is 6. The Balaban J connectivity index is 1.48. The molecule has 10 nitrogen and oxygen atoms in total. The van der Waals surface area contributed by atoms with Crippen LogP contribution in [-0.4, -0.2) is 101 Å². The lowest BCUT2D eigenvalue weighted by Crippen LogP contribution is -2.37. The van der Waals surface area contributed by atoms with Gasteiger partial charge < -0.3 is 35.3 Å². The summed E-state index contributed by atoms with van der Waals surface area (Å²) in [5, 5.41) is 57.2. The molecule has 0 bridgehead atoms. The lowest BCUT2D eigenvalue weighted by Gasteiger charge is -2.27. The van der Waals surface area contributed by atoms with E-state index in [9.17, 15) is 30.0 Å². The van der Waals surface area contributed by atoms with Crippen LogP contribution in [-0.2, 0) is 35.6 Å². The third-order valence-electron chi connectivity index (χ3n) is 9.78. The summed E-state index contributed by atoms with van der Waals surface area (Å²) in [5.74, 6) is -0.167. The summed E-state index contributed by atoms with van der Waals surface area (Å²) in [6.45, 7) is 9.97. The van der Waals surface area contributed by atoms with E-state index in [0.29, 0.717) is 75.3 Å². The van der Waals surface area contributed by atoms with E-state index < -0.39 is 14.2 Å². The smallest absolute Gasteiger partial charge is 0.423 e. The number of fused-ring (bicyclic) bond motifs is 2. The van der Waals surface area contributed by atoms with E-state index in [1.165, 1.54) is 5.56 Å². The van der Waals surface area contributed by atoms with Crippen LogP contribution < -0.4 is 16.2 Å². The summed E-state index contributed by atoms with van der Waals surface area (Å²) in [6, 6.07) is 31.6. The van der Waals surface area contributed by atoms with Gasteiger partial charge in [-0.3, -0.25) is 14.6 Å². The third kappa shape index (κ3) is 10.9. The van der Waals surface area contributed by atoms with Crippen molar-refractivity contribution in [2.45, 2.75) is 39.4 Å². The molecule has 1 amide bonds. The number of aliphatic hydroxyl groups excluding tert-OH is 1. The molecule has 0 fully saturated rings. The summed E-state index contributed by atoms with van der Waals surface area (Å²) in [6.07, 6.45) is 1.43. The molecule has 12 heteroatoms. The van der Waals surface area contributed by atoms with Crippen molar-refractivity contribution in [3.8, 4) is 0 Å². The second kappa shape index (κ2) is 20.4. The van der Waals surface area contributed by atoms with Gasteiger partial charge in [-0.2, -0.15) is 0 Å². The highest BCUT2D eigenvalue weighted by Crippen LogP contribution is 2.34. The average molecular weight is 732 g/mol. The molecule has 0 atom stereocenters. The number of aliphatic hydroxyl groups is 1. The molecule has 6 N–H and O–H groups in total. The van der Waals surface area contributed by atoms with E-state index in [4.69, 9.17) is 4.74 Å². The quantitative estimate of drug-likeness (QED) is 0.0290. The van der Waals surface area contributed by atoms with Crippen molar-refractivity contribution < 1.29 is 34.7 Å². The fraction of sp³-hybridized carbons (Fsp3) is 0.310. The number of ether oxygens (including phenoxy) is 1. The summed E-state index contributed by atoms with van der Waals surface area (Å²) in [5.41, 5.74) is 5.42. The molecule has 0 saturated carbocycles. The van der Waals surface area contributed by atoms with Crippen LogP contribution in [0.1, 0.15) is 35.6 Å². The number of nitrogens with one attached hydrogen (secondary N) is 1. The molecule has 0 aliphatic rings. The lowest BCUT2D eigenvalue weighted by molar-refractivity contribution is -0.117. The topological polar surface area (TPSA) is 146 Å². The van der Waals surface area contributed by atoms with E-state index in [0.717, 1.165) is 44.7 Å². The minimum atomic E-state index is -1.59. The zero-order valence-corrected chi connectivity index (χ0v) is 31.0. The first-order valence-electron chi connectivity index (χ1n) is 18.5. The molecule has 5 rings (SSSR count). The normalized spacial score (nSPS) is 11.5. The number of carbonyl (C=O) groups is 1. The number of nitrogens with zero attached hydrogens (tertiary/aromatic N) is 2. The van der Waals surface area contributed by atoms with Crippen LogP contribution in [0.5, 0.6) is 0 Å². The number of rotatable bonds is 21. The molecule has 0 radical (unpaired) electrons. The van der Waals surface area contributed by atoms with Gasteiger partial charge in [0.2, 0.25) is 5.91 Å². The van der Waals surface area contributed by atoms with E-state index in [1.54, 1.807) is 31.2 Å². The fourth-order valence-corrected chi connectivity index (χ4v) is 7.08. The van der Waals surface area contributed by atoms with Crippen molar-refractivity contribution in [1.29, 1.82) is 0 Å². The Kier molecular flexibility index (Phi) is 15.4. The Labute approximate surface area is 318 Å². The highest BCUT2D eigenvalue weighted by molar-refractivity contribution is 6.59. The predicted octanol–water partition coefficient (Wildman–Crippen LogP) is 2.49. The molecule has 0 aromatic heterocycles. The van der Waals surface area contributed by atoms with Crippen molar-refractivity contribution in [1.82, 2.24) is 15.1 Å². The molecular formula is C42H51B2N3O7. The van der Waals surface area contributed by atoms with Crippen LogP contribution in [0.2, 0.25) is 0 Å². The summed E-state index contributed by atoms with van der Waals surface area (Å²) >= 11 is 0. The van der Waals surface area contributed by atoms with Gasteiger partial charge in [-0.05, 0) is 74.5 Å². The maximum absolute atomic E-state index is 12.1. The van der Waals surface area contributed by atoms with Gasteiger partial charge in [0.25, 0.3) is 0 Å². The Morgan fingerprint density at radius 1 is 0.667 bits per heavy atom. The first-order valence-corrected chi connectivity index (χ1v) is 18.5. The van der Waals surface area contributed by atoms with Crippen molar-refractivity contribution >= 4 is 52.6 Å². The standard InChI is InChI=1S/C42H51B2N3O7/c1-31(2)42(49)45-21-11-22-46(28-32-12-3-9-18-40(32)43(50)51)23-20-38-34-14-5-7-16-36(34)39(37-17-8-6-15-35(37)38)30-47(24-26-54-27-25-48)29-33-13-4-10-19-41(33)44(52)53/h3-10,12-19,48,50-53H,1,11,20-30H2,2H3,(H,45,49). The maximum Gasteiger partial charge on any atom is 0.488 e. The molecule has 0 saturated heterocycles. The Morgan fingerprint density at radius 3 is 1.69 bits per heavy atom. The van der Waals surface area contributed by atoms with Crippen LogP contribution in [0.25, 0.3) is 21.5 Å². The van der Waals surface area contributed by atoms with Gasteiger partial charge >= 0.3 is 14.2 Å². The lowest BCUT2D eigenvalue weighted by atomic mass is 9.77. The number of benzene rings is 5. The molecule has 0 heterocycles. The van der Waals surface area contributed by atoms with Crippen molar-refractivity contribution in [3.63, 3.8) is 0 Å². The third-order valence-corrected chi connectivity index (χ3v) is 9.78. The van der Waals surface area contributed by atoms with E-state index in [-0.39, 0.29) is 19.1 Å². The van der Waals surface area contributed by atoms with Crippen molar-refractivity contribution in [3.05, 3.63) is 131 Å². The molecule has 0 aliphatic carbocycles. The van der Waals surface area contributed by atoms with Gasteiger partial charge in [-0.25, -0.2) is 0 Å². The minimum Gasteiger partial charge on any atom is -0.423 e. The largest absolute Gasteiger partial charge is 0.488 e. The van der Waals surface area contributed by atoms with E-state index >= 15 is 0 Å². The van der Waals surface area contributed by atoms with Gasteiger partial charge in [0, 0.05) is 51.4 Å². The Morgan fingerprint density at radius 2 is 1.17 bits per heavy atom. The van der Waals surface area contributed by atoms with Crippen LogP contribution in [0.4, 0.5) is 0 Å². The van der Waals surface area contributed by atoms with Gasteiger partial charge in [-0.1, -0.05) is 104 Å². The molecule has 0 aliphatic heterocycles. The van der Waals surface area contributed by atoms with Crippen LogP contribution in [0.3, 0.4) is 0 Å². The van der Waals surface area contributed by atoms with Crippen LogP contribution in [0, 0.1) is 0 Å². The summed E-state index contributed by atoms with van der Waals surface area (Å²) in [7, 11) is -3.17.